The maximum Gasteiger partial charge on any atom is 0.422 e. The minimum absolute atomic E-state index is 0.336. The van der Waals surface area contributed by atoms with E-state index >= 15 is 0 Å². The van der Waals surface area contributed by atoms with Gasteiger partial charge >= 0.3 is 11.9 Å². The molecule has 0 aliphatic carbocycles. The smallest absolute Gasteiger partial charge is 0.422 e. The minimum atomic E-state index is -4.56. The van der Waals surface area contributed by atoms with Crippen LogP contribution in [0.1, 0.15) is 5.69 Å². The molecule has 1 rings (SSSR count). The number of rotatable bonds is 3. The summed E-state index contributed by atoms with van der Waals surface area (Å²) in [4.78, 5) is 13.1. The molecule has 0 aliphatic rings. The Bertz CT molecular complexity index is 406. The first-order chi connectivity index (χ1) is 7.29. The monoisotopic (exact) mass is 236 g/mol. The van der Waals surface area contributed by atoms with Gasteiger partial charge in [-0.25, -0.2) is 4.98 Å². The van der Waals surface area contributed by atoms with Crippen LogP contribution in [0.5, 0.6) is 5.88 Å². The van der Waals surface area contributed by atoms with Crippen LogP contribution in [0.15, 0.2) is 12.1 Å². The van der Waals surface area contributed by atoms with Crippen LogP contribution < -0.4 is 4.74 Å². The first-order valence-corrected chi connectivity index (χ1v) is 4.11. The summed E-state index contributed by atoms with van der Waals surface area (Å²) in [6, 6.07) is 2.37. The van der Waals surface area contributed by atoms with E-state index in [0.29, 0.717) is 5.69 Å². The molecule has 0 saturated carbocycles. The van der Waals surface area contributed by atoms with Crippen molar-refractivity contribution in [3.63, 3.8) is 0 Å². The molecule has 0 atom stereocenters. The molecule has 0 amide bonds. The number of pyridine rings is 1. The second kappa shape index (κ2) is 4.33. The first-order valence-electron chi connectivity index (χ1n) is 4.11. The Labute approximate surface area is 88.0 Å². The molecule has 1 heterocycles. The molecule has 0 N–H and O–H groups in total. The first kappa shape index (κ1) is 12.2. The standard InChI is InChI=1S/C8H7F3N2O3/c1-5-2-3-6(13(14)15)7(12-5)16-4-8(9,10)11/h2-3H,4H2,1H3. The number of ether oxygens (including phenoxy) is 1. The van der Waals surface area contributed by atoms with Crippen LogP contribution in [0.25, 0.3) is 0 Å². The second-order valence-electron chi connectivity index (χ2n) is 2.94. The average molecular weight is 236 g/mol. The van der Waals surface area contributed by atoms with Gasteiger partial charge < -0.3 is 4.74 Å². The molecule has 0 aromatic carbocycles. The van der Waals surface area contributed by atoms with Crippen molar-refractivity contribution in [2.45, 2.75) is 13.1 Å². The fourth-order valence-corrected chi connectivity index (χ4v) is 0.921. The van der Waals surface area contributed by atoms with Crippen molar-refractivity contribution in [1.29, 1.82) is 0 Å². The Balaban J connectivity index is 2.93. The van der Waals surface area contributed by atoms with Gasteiger partial charge in [-0.15, -0.1) is 0 Å². The molecule has 0 fully saturated rings. The van der Waals surface area contributed by atoms with Gasteiger partial charge in [0.05, 0.1) is 4.92 Å². The van der Waals surface area contributed by atoms with Crippen LogP contribution in [0.2, 0.25) is 0 Å². The summed E-state index contributed by atoms with van der Waals surface area (Å²) in [5, 5.41) is 10.5. The van der Waals surface area contributed by atoms with E-state index < -0.39 is 29.3 Å². The molecule has 8 heteroatoms. The van der Waals surface area contributed by atoms with E-state index in [1.165, 1.54) is 13.0 Å². The lowest BCUT2D eigenvalue weighted by Gasteiger charge is -2.08. The molecule has 0 bridgehead atoms. The number of alkyl halides is 3. The van der Waals surface area contributed by atoms with Gasteiger partial charge in [-0.1, -0.05) is 0 Å². The number of hydrogen-bond donors (Lipinski definition) is 0. The summed E-state index contributed by atoms with van der Waals surface area (Å²) in [5.74, 6) is -0.623. The molecule has 0 saturated heterocycles. The second-order valence-corrected chi connectivity index (χ2v) is 2.94. The molecule has 0 unspecified atom stereocenters. The van der Waals surface area contributed by atoms with Crippen molar-refractivity contribution in [3.05, 3.63) is 27.9 Å². The molecule has 1 aromatic rings. The van der Waals surface area contributed by atoms with Gasteiger partial charge in [0, 0.05) is 11.8 Å². The Morgan fingerprint density at radius 1 is 1.50 bits per heavy atom. The average Bonchev–Trinajstić information content (AvgIpc) is 2.13. The maximum absolute atomic E-state index is 11.9. The fraction of sp³-hybridized carbons (Fsp3) is 0.375. The summed E-state index contributed by atoms with van der Waals surface area (Å²) < 4.78 is 39.8. The molecular formula is C8H7F3N2O3. The number of aromatic nitrogens is 1. The largest absolute Gasteiger partial charge is 0.463 e. The fourth-order valence-electron chi connectivity index (χ4n) is 0.921. The van der Waals surface area contributed by atoms with Gasteiger partial charge in [0.15, 0.2) is 6.61 Å². The SMILES string of the molecule is Cc1ccc([N+](=O)[O-])c(OCC(F)(F)F)n1. The van der Waals surface area contributed by atoms with Crippen LogP contribution in [-0.4, -0.2) is 22.7 Å². The Morgan fingerprint density at radius 2 is 2.12 bits per heavy atom. The molecule has 0 radical (unpaired) electrons. The Hall–Kier alpha value is -1.86. The molecule has 0 spiro atoms. The molecule has 16 heavy (non-hydrogen) atoms. The van der Waals surface area contributed by atoms with E-state index in [1.807, 2.05) is 0 Å². The zero-order valence-corrected chi connectivity index (χ0v) is 8.11. The lowest BCUT2D eigenvalue weighted by molar-refractivity contribution is -0.386. The van der Waals surface area contributed by atoms with Crippen LogP contribution in [0, 0.1) is 17.0 Å². The maximum atomic E-state index is 11.9. The highest BCUT2D eigenvalue weighted by molar-refractivity contribution is 5.41. The van der Waals surface area contributed by atoms with Gasteiger partial charge in [0.1, 0.15) is 0 Å². The van der Waals surface area contributed by atoms with Crippen LogP contribution in [-0.2, 0) is 0 Å². The Morgan fingerprint density at radius 3 is 2.62 bits per heavy atom. The van der Waals surface area contributed by atoms with Gasteiger partial charge in [-0.05, 0) is 13.0 Å². The minimum Gasteiger partial charge on any atom is -0.463 e. The van der Waals surface area contributed by atoms with Gasteiger partial charge in [-0.2, -0.15) is 13.2 Å². The number of nitro groups is 1. The summed E-state index contributed by atoms with van der Waals surface area (Å²) in [5.41, 5.74) is -0.252. The van der Waals surface area contributed by atoms with E-state index in [1.54, 1.807) is 0 Å². The summed E-state index contributed by atoms with van der Waals surface area (Å²) in [7, 11) is 0. The lowest BCUT2D eigenvalue weighted by Crippen LogP contribution is -2.20. The zero-order valence-electron chi connectivity index (χ0n) is 8.11. The predicted molar refractivity (Wildman–Crippen MR) is 47.2 cm³/mol. The molecule has 0 aliphatic heterocycles. The van der Waals surface area contributed by atoms with E-state index in [9.17, 15) is 23.3 Å². The van der Waals surface area contributed by atoms with E-state index in [4.69, 9.17) is 0 Å². The van der Waals surface area contributed by atoms with Crippen molar-refractivity contribution in [2.24, 2.45) is 0 Å². The highest BCUT2D eigenvalue weighted by Gasteiger charge is 2.30. The van der Waals surface area contributed by atoms with E-state index in [-0.39, 0.29) is 0 Å². The van der Waals surface area contributed by atoms with Crippen LogP contribution >= 0.6 is 0 Å². The zero-order chi connectivity index (χ0) is 12.3. The predicted octanol–water partition coefficient (Wildman–Crippen LogP) is 2.24. The molecule has 5 nitrogen and oxygen atoms in total. The quantitative estimate of drug-likeness (QED) is 0.596. The molecule has 1 aromatic heterocycles. The van der Waals surface area contributed by atoms with Gasteiger partial charge in [-0.3, -0.25) is 10.1 Å². The third-order valence-electron chi connectivity index (χ3n) is 1.55. The van der Waals surface area contributed by atoms with Crippen molar-refractivity contribution in [1.82, 2.24) is 4.98 Å². The summed E-state index contributed by atoms with van der Waals surface area (Å²) in [6.07, 6.45) is -4.56. The van der Waals surface area contributed by atoms with Gasteiger partial charge in [0.2, 0.25) is 0 Å². The molecule has 88 valence electrons. The number of halogens is 3. The Kier molecular flexibility index (Phi) is 3.31. The van der Waals surface area contributed by atoms with Gasteiger partial charge in [0.25, 0.3) is 5.88 Å². The highest BCUT2D eigenvalue weighted by Crippen LogP contribution is 2.26. The van der Waals surface area contributed by atoms with Crippen molar-refractivity contribution in [3.8, 4) is 5.88 Å². The van der Waals surface area contributed by atoms with Crippen molar-refractivity contribution < 1.29 is 22.8 Å². The van der Waals surface area contributed by atoms with Crippen LogP contribution in [0.3, 0.4) is 0 Å². The topological polar surface area (TPSA) is 65.3 Å². The highest BCUT2D eigenvalue weighted by atomic mass is 19.4. The summed E-state index contributed by atoms with van der Waals surface area (Å²) in [6.45, 7) is -0.117. The van der Waals surface area contributed by atoms with Crippen LogP contribution in [0.4, 0.5) is 18.9 Å². The number of nitrogens with zero attached hydrogens (tertiary/aromatic N) is 2. The molecular weight excluding hydrogens is 229 g/mol. The third kappa shape index (κ3) is 3.37. The lowest BCUT2D eigenvalue weighted by atomic mass is 10.3. The van der Waals surface area contributed by atoms with E-state index in [0.717, 1.165) is 6.07 Å². The number of hydrogen-bond acceptors (Lipinski definition) is 4. The summed E-state index contributed by atoms with van der Waals surface area (Å²) >= 11 is 0. The number of aryl methyl sites for hydroxylation is 1. The van der Waals surface area contributed by atoms with Crippen molar-refractivity contribution in [2.75, 3.05) is 6.61 Å². The third-order valence-corrected chi connectivity index (χ3v) is 1.55. The normalized spacial score (nSPS) is 11.2. The van der Waals surface area contributed by atoms with Crippen molar-refractivity contribution >= 4 is 5.69 Å². The van der Waals surface area contributed by atoms with E-state index in [2.05, 4.69) is 9.72 Å².